The van der Waals surface area contributed by atoms with Gasteiger partial charge < -0.3 is 89.9 Å². The second kappa shape index (κ2) is 45.6. The molecule has 17 unspecified atom stereocenters. The second-order valence-corrected chi connectivity index (χ2v) is 23.2. The summed E-state index contributed by atoms with van der Waals surface area (Å²) in [6.45, 7) is 1.69. The zero-order valence-electron chi connectivity index (χ0n) is 49.8. The zero-order valence-corrected chi connectivity index (χ0v) is 49.8. The van der Waals surface area contributed by atoms with Crippen LogP contribution in [0.4, 0.5) is 0 Å². The lowest BCUT2D eigenvalue weighted by atomic mass is 9.96. The van der Waals surface area contributed by atoms with E-state index >= 15 is 0 Å². The molecule has 0 radical (unpaired) electrons. The summed E-state index contributed by atoms with van der Waals surface area (Å²) in [7, 11) is 0. The highest BCUT2D eigenvalue weighted by molar-refractivity contribution is 5.76. The minimum Gasteiger partial charge on any atom is -0.394 e. The molecule has 3 fully saturated rings. The first-order valence-electron chi connectivity index (χ1n) is 32.1. The van der Waals surface area contributed by atoms with Gasteiger partial charge in [0.2, 0.25) is 5.91 Å². The fraction of sp³-hybridized carbons (Fsp3) is 0.919. The number of aliphatic hydroxyl groups excluding tert-OH is 11. The maximum Gasteiger partial charge on any atom is 0.220 e. The molecule has 3 saturated heterocycles. The van der Waals surface area contributed by atoms with Crippen molar-refractivity contribution in [2.75, 3.05) is 26.4 Å². The molecule has 81 heavy (non-hydrogen) atoms. The summed E-state index contributed by atoms with van der Waals surface area (Å²) in [5, 5.41) is 120. The highest BCUT2D eigenvalue weighted by atomic mass is 16.8. The number of unbranched alkanes of at least 4 members (excludes halogenated alkanes) is 30. The summed E-state index contributed by atoms with van der Waals surface area (Å²) in [6, 6.07) is -0.984. The van der Waals surface area contributed by atoms with Gasteiger partial charge in [-0.05, 0) is 32.1 Å². The average molecular weight is 1160 g/mol. The number of nitrogens with one attached hydrogen (secondary N) is 1. The van der Waals surface area contributed by atoms with E-state index in [1.54, 1.807) is 6.08 Å². The van der Waals surface area contributed by atoms with Gasteiger partial charge in [0.05, 0.1) is 38.6 Å². The van der Waals surface area contributed by atoms with Gasteiger partial charge >= 0.3 is 0 Å². The molecular formula is C62H115NO18. The maximum absolute atomic E-state index is 13.3. The molecule has 0 aromatic carbocycles. The third-order valence-electron chi connectivity index (χ3n) is 16.3. The summed E-state index contributed by atoms with van der Waals surface area (Å²) >= 11 is 0. The first-order valence-corrected chi connectivity index (χ1v) is 32.1. The van der Waals surface area contributed by atoms with Crippen LogP contribution < -0.4 is 5.32 Å². The third-order valence-corrected chi connectivity index (χ3v) is 16.3. The van der Waals surface area contributed by atoms with Crippen LogP contribution in [0.1, 0.15) is 232 Å². The van der Waals surface area contributed by atoms with E-state index in [1.807, 2.05) is 6.08 Å². The summed E-state index contributed by atoms with van der Waals surface area (Å²) < 4.78 is 34.2. The van der Waals surface area contributed by atoms with Gasteiger partial charge in [0, 0.05) is 6.42 Å². The minimum absolute atomic E-state index is 0.240. The predicted molar refractivity (Wildman–Crippen MR) is 310 cm³/mol. The van der Waals surface area contributed by atoms with Crippen LogP contribution in [-0.4, -0.2) is 193 Å². The fourth-order valence-electron chi connectivity index (χ4n) is 11.0. The van der Waals surface area contributed by atoms with E-state index in [4.69, 9.17) is 28.4 Å². The largest absolute Gasteiger partial charge is 0.394 e. The Labute approximate surface area is 486 Å². The van der Waals surface area contributed by atoms with Crippen LogP contribution in [0.15, 0.2) is 24.3 Å². The average Bonchev–Trinajstić information content (AvgIpc) is 3.57. The minimum atomic E-state index is -1.98. The van der Waals surface area contributed by atoms with Crippen molar-refractivity contribution >= 4 is 5.91 Å². The van der Waals surface area contributed by atoms with Gasteiger partial charge in [-0.15, -0.1) is 0 Å². The number of amides is 1. The van der Waals surface area contributed by atoms with Gasteiger partial charge in [-0.3, -0.25) is 4.79 Å². The van der Waals surface area contributed by atoms with Crippen molar-refractivity contribution in [3.8, 4) is 0 Å². The molecule has 1 amide bonds. The topological polar surface area (TPSA) is 307 Å². The van der Waals surface area contributed by atoms with E-state index in [-0.39, 0.29) is 18.9 Å². The normalized spacial score (nSPS) is 29.9. The Morgan fingerprint density at radius 1 is 0.432 bits per heavy atom. The lowest BCUT2D eigenvalue weighted by Crippen LogP contribution is -2.66. The summed E-state index contributed by atoms with van der Waals surface area (Å²) in [6.07, 6.45) is 21.9. The molecule has 3 rings (SSSR count). The predicted octanol–water partition coefficient (Wildman–Crippen LogP) is 6.71. The zero-order chi connectivity index (χ0) is 59.0. The molecule has 0 saturated carbocycles. The molecular weight excluding hydrogens is 1050 g/mol. The molecule has 3 aliphatic rings. The molecule has 0 bridgehead atoms. The lowest BCUT2D eigenvalue weighted by molar-refractivity contribution is -0.379. The van der Waals surface area contributed by atoms with Crippen LogP contribution >= 0.6 is 0 Å². The molecule has 0 aromatic rings. The number of rotatable bonds is 48. The molecule has 12 N–H and O–H groups in total. The van der Waals surface area contributed by atoms with Gasteiger partial charge in [0.25, 0.3) is 0 Å². The van der Waals surface area contributed by atoms with Crippen molar-refractivity contribution in [1.82, 2.24) is 5.32 Å². The Morgan fingerprint density at radius 2 is 0.790 bits per heavy atom. The molecule has 3 heterocycles. The SMILES string of the molecule is CCCCCCC/C=C/CC/C=C/C(O)C(COC1OC(CO)C(OC2OC(CO)C(OC3OC(CO)C(O)C(O)C3O)C(O)C2O)C(O)C1O)NC(=O)CCCCCCCCCCCCCCCCCCCCCCCCCCC. The number of hydrogen-bond donors (Lipinski definition) is 12. The van der Waals surface area contributed by atoms with Gasteiger partial charge in [-0.25, -0.2) is 0 Å². The quantitative estimate of drug-likeness (QED) is 0.0222. The van der Waals surface area contributed by atoms with Crippen LogP contribution in [0.25, 0.3) is 0 Å². The first-order chi connectivity index (χ1) is 39.3. The molecule has 19 heteroatoms. The van der Waals surface area contributed by atoms with E-state index in [0.717, 1.165) is 38.5 Å². The fourth-order valence-corrected chi connectivity index (χ4v) is 11.0. The van der Waals surface area contributed by atoms with E-state index in [9.17, 15) is 61.0 Å². The van der Waals surface area contributed by atoms with Crippen LogP contribution in [0.3, 0.4) is 0 Å². The van der Waals surface area contributed by atoms with Crippen LogP contribution in [0.5, 0.6) is 0 Å². The highest BCUT2D eigenvalue weighted by Crippen LogP contribution is 2.33. The molecule has 19 nitrogen and oxygen atoms in total. The molecule has 476 valence electrons. The smallest absolute Gasteiger partial charge is 0.220 e. The summed E-state index contributed by atoms with van der Waals surface area (Å²) in [5.41, 5.74) is 0. The summed E-state index contributed by atoms with van der Waals surface area (Å²) in [5.74, 6) is -0.283. The molecule has 3 aliphatic heterocycles. The van der Waals surface area contributed by atoms with Gasteiger partial charge in [0.15, 0.2) is 18.9 Å². The van der Waals surface area contributed by atoms with Crippen molar-refractivity contribution in [2.45, 2.75) is 336 Å². The number of carbonyl (C=O) groups excluding carboxylic acids is 1. The Kier molecular flexibility index (Phi) is 41.4. The van der Waals surface area contributed by atoms with Crippen molar-refractivity contribution in [1.29, 1.82) is 0 Å². The second-order valence-electron chi connectivity index (χ2n) is 23.2. The Morgan fingerprint density at radius 3 is 1.23 bits per heavy atom. The number of ether oxygens (including phenoxy) is 6. The van der Waals surface area contributed by atoms with E-state index in [2.05, 4.69) is 31.3 Å². The Hall–Kier alpha value is -1.73. The van der Waals surface area contributed by atoms with Crippen LogP contribution in [0.2, 0.25) is 0 Å². The Balaban J connectivity index is 1.42. The van der Waals surface area contributed by atoms with Crippen molar-refractivity contribution in [3.05, 3.63) is 24.3 Å². The molecule has 0 aliphatic carbocycles. The maximum atomic E-state index is 13.3. The van der Waals surface area contributed by atoms with Crippen molar-refractivity contribution in [2.24, 2.45) is 0 Å². The van der Waals surface area contributed by atoms with Gasteiger partial charge in [-0.1, -0.05) is 218 Å². The van der Waals surface area contributed by atoms with E-state index in [1.165, 1.54) is 161 Å². The molecule has 0 aromatic heterocycles. The highest BCUT2D eigenvalue weighted by Gasteiger charge is 2.53. The molecule has 17 atom stereocenters. The van der Waals surface area contributed by atoms with Gasteiger partial charge in [-0.2, -0.15) is 0 Å². The summed E-state index contributed by atoms with van der Waals surface area (Å²) in [4.78, 5) is 13.3. The number of carbonyl (C=O) groups is 1. The standard InChI is InChI=1S/C62H115NO18/c1-3-5-7-9-11-13-15-16-17-18-19-20-21-22-23-24-25-26-27-28-30-32-34-36-38-40-50(68)63-45(46(67)39-37-35-33-31-29-14-12-10-8-6-4-2)44-76-60-56(74)53(71)58(48(42-65)78-60)81-62-57(75)54(72)59(49(43-66)79-62)80-61-55(73)52(70)51(69)47(41-64)77-61/h29,31,37,39,45-49,51-62,64-67,69-75H,3-28,30,32-36,38,40-44H2,1-2H3,(H,63,68)/b31-29+,39-37+. The van der Waals surface area contributed by atoms with Crippen molar-refractivity contribution < 1.29 is 89.4 Å². The van der Waals surface area contributed by atoms with E-state index < -0.39 is 124 Å². The van der Waals surface area contributed by atoms with Gasteiger partial charge in [0.1, 0.15) is 73.2 Å². The monoisotopic (exact) mass is 1160 g/mol. The number of hydrogen-bond acceptors (Lipinski definition) is 18. The first kappa shape index (κ1) is 73.5. The number of allylic oxidation sites excluding steroid dienone is 3. The van der Waals surface area contributed by atoms with Crippen molar-refractivity contribution in [3.63, 3.8) is 0 Å². The lowest BCUT2D eigenvalue weighted by Gasteiger charge is -2.48. The molecule has 0 spiro atoms. The van der Waals surface area contributed by atoms with Crippen LogP contribution in [-0.2, 0) is 33.2 Å². The third kappa shape index (κ3) is 29.0. The van der Waals surface area contributed by atoms with Crippen LogP contribution in [0, 0.1) is 0 Å². The van der Waals surface area contributed by atoms with E-state index in [0.29, 0.717) is 12.8 Å². The Bertz CT molecular complexity index is 1580. The number of aliphatic hydroxyl groups is 11.